The van der Waals surface area contributed by atoms with Gasteiger partial charge in [0, 0.05) is 22.4 Å². The summed E-state index contributed by atoms with van der Waals surface area (Å²) in [6, 6.07) is 6.49. The van der Waals surface area contributed by atoms with E-state index in [9.17, 15) is 0 Å². The van der Waals surface area contributed by atoms with E-state index in [0.717, 1.165) is 30.3 Å². The molecule has 0 bridgehead atoms. The summed E-state index contributed by atoms with van der Waals surface area (Å²) in [4.78, 5) is 9.58. The van der Waals surface area contributed by atoms with Crippen LogP contribution in [0.15, 0.2) is 43.7 Å². The molecule has 0 fully saturated rings. The number of benzene rings is 1. The van der Waals surface area contributed by atoms with Crippen LogP contribution in [0.2, 0.25) is 0 Å². The summed E-state index contributed by atoms with van der Waals surface area (Å²) < 4.78 is 5.72. The highest BCUT2D eigenvalue weighted by Crippen LogP contribution is 2.45. The minimum Gasteiger partial charge on any atom is -0.463 e. The van der Waals surface area contributed by atoms with E-state index in [4.69, 9.17) is 4.42 Å². The molecule has 1 aromatic heterocycles. The van der Waals surface area contributed by atoms with Crippen LogP contribution in [-0.2, 0) is 0 Å². The second kappa shape index (κ2) is 5.14. The van der Waals surface area contributed by atoms with Gasteiger partial charge in [0.1, 0.15) is 5.58 Å². The average molecular weight is 316 g/mol. The lowest BCUT2D eigenvalue weighted by Crippen LogP contribution is -2.20. The quantitative estimate of drug-likeness (QED) is 0.771. The minimum absolute atomic E-state index is 0.903. The van der Waals surface area contributed by atoms with Crippen molar-refractivity contribution < 1.29 is 4.42 Å². The van der Waals surface area contributed by atoms with Crippen LogP contribution < -0.4 is 0 Å². The molecule has 4 rings (SSSR count). The maximum absolute atomic E-state index is 5.72. The first-order valence-corrected chi connectivity index (χ1v) is 9.15. The molecule has 0 atom stereocenters. The van der Waals surface area contributed by atoms with E-state index in [2.05, 4.69) is 41.3 Å². The molecule has 3 heterocycles. The molecule has 2 aliphatic rings. The van der Waals surface area contributed by atoms with E-state index in [1.54, 1.807) is 18.0 Å². The van der Waals surface area contributed by atoms with Gasteiger partial charge >= 0.3 is 0 Å². The van der Waals surface area contributed by atoms with Crippen LogP contribution in [0.4, 0.5) is 0 Å². The van der Waals surface area contributed by atoms with Crippen molar-refractivity contribution in [1.29, 1.82) is 0 Å². The van der Waals surface area contributed by atoms with Gasteiger partial charge in [-0.05, 0) is 24.8 Å². The first kappa shape index (κ1) is 13.3. The number of allylic oxidation sites excluding steroid dienone is 1. The van der Waals surface area contributed by atoms with Gasteiger partial charge in [0.05, 0.1) is 23.4 Å². The number of thioether (sulfide) groups is 2. The molecule has 0 saturated carbocycles. The molecule has 2 aliphatic heterocycles. The molecule has 0 radical (unpaired) electrons. The smallest absolute Gasteiger partial charge is 0.168 e. The molecule has 2 aromatic rings. The third kappa shape index (κ3) is 1.94. The van der Waals surface area contributed by atoms with Gasteiger partial charge in [0.2, 0.25) is 0 Å². The van der Waals surface area contributed by atoms with Crippen LogP contribution in [0.5, 0.6) is 0 Å². The lowest BCUT2D eigenvalue weighted by Gasteiger charge is -2.18. The normalized spacial score (nSPS) is 17.8. The fourth-order valence-electron chi connectivity index (χ4n) is 2.97. The molecule has 0 N–H and O–H groups in total. The largest absolute Gasteiger partial charge is 0.463 e. The van der Waals surface area contributed by atoms with Gasteiger partial charge in [-0.2, -0.15) is 0 Å². The average Bonchev–Trinajstić information content (AvgIpc) is 3.20. The predicted octanol–water partition coefficient (Wildman–Crippen LogP) is 4.65. The van der Waals surface area contributed by atoms with Crippen LogP contribution in [0, 0.1) is 0 Å². The second-order valence-corrected chi connectivity index (χ2v) is 6.93. The summed E-state index contributed by atoms with van der Waals surface area (Å²) in [6.45, 7) is 4.11. The monoisotopic (exact) mass is 316 g/mol. The fraction of sp³-hybridized carbons (Fsp3) is 0.312. The van der Waals surface area contributed by atoms with Crippen molar-refractivity contribution in [2.24, 2.45) is 4.99 Å². The van der Waals surface area contributed by atoms with Gasteiger partial charge in [-0.3, -0.25) is 4.99 Å². The summed E-state index contributed by atoms with van der Waals surface area (Å²) in [5, 5.41) is 2.36. The first-order valence-electron chi connectivity index (χ1n) is 7.11. The number of fused-ring (bicyclic) bond motifs is 2. The van der Waals surface area contributed by atoms with Crippen LogP contribution in [0.1, 0.15) is 18.9 Å². The number of aliphatic imine (C=N–C) groups is 1. The van der Waals surface area contributed by atoms with Crippen molar-refractivity contribution in [3.8, 4) is 0 Å². The summed E-state index contributed by atoms with van der Waals surface area (Å²) in [5.41, 5.74) is 3.60. The lowest BCUT2D eigenvalue weighted by atomic mass is 10.1. The van der Waals surface area contributed by atoms with E-state index in [1.807, 2.05) is 11.8 Å². The van der Waals surface area contributed by atoms with Gasteiger partial charge in [-0.15, -0.1) is 11.8 Å². The Hall–Kier alpha value is -1.33. The molecule has 5 heteroatoms. The van der Waals surface area contributed by atoms with Crippen molar-refractivity contribution in [2.45, 2.75) is 18.2 Å². The van der Waals surface area contributed by atoms with Gasteiger partial charge in [0.25, 0.3) is 0 Å². The SMILES string of the molecule is CCC1=C(c2ccc(SC)c3occc23)N2CCN=C2S1. The van der Waals surface area contributed by atoms with Crippen molar-refractivity contribution >= 4 is 45.4 Å². The van der Waals surface area contributed by atoms with E-state index in [-0.39, 0.29) is 0 Å². The van der Waals surface area contributed by atoms with E-state index in [0.29, 0.717) is 0 Å². The maximum atomic E-state index is 5.72. The van der Waals surface area contributed by atoms with Gasteiger partial charge in [-0.25, -0.2) is 0 Å². The van der Waals surface area contributed by atoms with Crippen molar-refractivity contribution in [3.05, 3.63) is 34.9 Å². The molecule has 108 valence electrons. The van der Waals surface area contributed by atoms with Crippen LogP contribution in [-0.4, -0.2) is 29.4 Å². The van der Waals surface area contributed by atoms with Crippen molar-refractivity contribution in [1.82, 2.24) is 4.90 Å². The molecular weight excluding hydrogens is 300 g/mol. The number of nitrogens with zero attached hydrogens (tertiary/aromatic N) is 2. The number of amidine groups is 1. The lowest BCUT2D eigenvalue weighted by molar-refractivity contribution is 0.608. The highest BCUT2D eigenvalue weighted by molar-refractivity contribution is 8.17. The predicted molar refractivity (Wildman–Crippen MR) is 91.8 cm³/mol. The Morgan fingerprint density at radius 3 is 3.10 bits per heavy atom. The number of hydrogen-bond acceptors (Lipinski definition) is 5. The molecular formula is C16H16N2OS2. The zero-order valence-corrected chi connectivity index (χ0v) is 13.7. The molecule has 0 amide bonds. The molecule has 0 unspecified atom stereocenters. The van der Waals surface area contributed by atoms with E-state index in [1.165, 1.54) is 26.4 Å². The Morgan fingerprint density at radius 2 is 2.29 bits per heavy atom. The number of hydrogen-bond donors (Lipinski definition) is 0. The molecule has 3 nitrogen and oxygen atoms in total. The summed E-state index contributed by atoms with van der Waals surface area (Å²) in [7, 11) is 0. The number of furan rings is 1. The Morgan fingerprint density at radius 1 is 1.38 bits per heavy atom. The molecule has 0 saturated heterocycles. The van der Waals surface area contributed by atoms with Crippen LogP contribution >= 0.6 is 23.5 Å². The third-order valence-corrected chi connectivity index (χ3v) is 5.95. The van der Waals surface area contributed by atoms with Crippen LogP contribution in [0.3, 0.4) is 0 Å². The topological polar surface area (TPSA) is 28.7 Å². The summed E-state index contributed by atoms with van der Waals surface area (Å²) in [5.74, 6) is 0. The first-order chi connectivity index (χ1) is 10.3. The van der Waals surface area contributed by atoms with Gasteiger partial charge < -0.3 is 9.32 Å². The standard InChI is InChI=1S/C16H16N2OS2/c1-3-12-14(18-8-7-17-16(18)21-12)10-4-5-13(20-2)15-11(10)6-9-19-15/h4-6,9H,3,7-8H2,1-2H3. The highest BCUT2D eigenvalue weighted by atomic mass is 32.2. The number of rotatable bonds is 3. The Balaban J connectivity index is 1.93. The Bertz CT molecular complexity index is 776. The molecule has 21 heavy (non-hydrogen) atoms. The minimum atomic E-state index is 0.903. The Kier molecular flexibility index (Phi) is 3.27. The molecule has 1 aromatic carbocycles. The van der Waals surface area contributed by atoms with Crippen molar-refractivity contribution in [2.75, 3.05) is 19.3 Å². The molecule has 0 spiro atoms. The zero-order valence-electron chi connectivity index (χ0n) is 12.0. The van der Waals surface area contributed by atoms with Crippen LogP contribution in [0.25, 0.3) is 16.7 Å². The zero-order chi connectivity index (χ0) is 14.4. The fourth-order valence-corrected chi connectivity index (χ4v) is 4.65. The van der Waals surface area contributed by atoms with Crippen molar-refractivity contribution in [3.63, 3.8) is 0 Å². The Labute approximate surface area is 132 Å². The third-order valence-electron chi connectivity index (χ3n) is 3.93. The van der Waals surface area contributed by atoms with Gasteiger partial charge in [0.15, 0.2) is 5.17 Å². The molecule has 0 aliphatic carbocycles. The highest BCUT2D eigenvalue weighted by Gasteiger charge is 2.33. The summed E-state index contributed by atoms with van der Waals surface area (Å²) >= 11 is 3.55. The second-order valence-electron chi connectivity index (χ2n) is 5.02. The van der Waals surface area contributed by atoms with E-state index < -0.39 is 0 Å². The summed E-state index contributed by atoms with van der Waals surface area (Å²) in [6.07, 6.45) is 4.92. The van der Waals surface area contributed by atoms with Gasteiger partial charge in [-0.1, -0.05) is 24.8 Å². The maximum Gasteiger partial charge on any atom is 0.168 e. The van der Waals surface area contributed by atoms with E-state index >= 15 is 0 Å².